The fourth-order valence-corrected chi connectivity index (χ4v) is 10.2. The van der Waals surface area contributed by atoms with Gasteiger partial charge in [-0.1, -0.05) is 179 Å². The number of benzene rings is 8. The molecule has 8 aromatic rings. The summed E-state index contributed by atoms with van der Waals surface area (Å²) in [5, 5.41) is 0. The number of hydrogen-bond donors (Lipinski definition) is 0. The number of fused-ring (bicyclic) bond motifs is 7. The topological polar surface area (TPSA) is 6.48 Å². The van der Waals surface area contributed by atoms with E-state index in [1.807, 2.05) is 11.8 Å². The minimum atomic E-state index is 0.0788. The fourth-order valence-electron chi connectivity index (χ4n) is 8.97. The van der Waals surface area contributed by atoms with E-state index in [9.17, 15) is 0 Å². The molecule has 11 rings (SSSR count). The van der Waals surface area contributed by atoms with Crippen LogP contribution in [0, 0.1) is 0 Å². The third-order valence-electron chi connectivity index (χ3n) is 11.2. The molecule has 0 aromatic heterocycles. The Balaban J connectivity index is 1.25. The third-order valence-corrected chi connectivity index (χ3v) is 12.3. The van der Waals surface area contributed by atoms with Gasteiger partial charge in [-0.05, 0) is 70.6 Å². The first-order valence-electron chi connectivity index (χ1n) is 18.3. The van der Waals surface area contributed by atoms with Gasteiger partial charge in [0.25, 0.3) is 0 Å². The van der Waals surface area contributed by atoms with Crippen molar-refractivity contribution in [1.82, 2.24) is 0 Å². The number of rotatable bonds is 4. The van der Waals surface area contributed by atoms with Crippen molar-refractivity contribution >= 4 is 92.1 Å². The van der Waals surface area contributed by atoms with Crippen LogP contribution in [0.1, 0.15) is 0 Å². The zero-order chi connectivity index (χ0) is 34.9. The van der Waals surface area contributed by atoms with E-state index in [2.05, 4.69) is 204 Å². The van der Waals surface area contributed by atoms with E-state index >= 15 is 0 Å². The SMILES string of the molecule is c1ccc(B2c3ccccc3B3c4ccccc4N(c4ccccc4)c4c5c(cc2c43)N(c2ccc(-c3ccccc3)cc2)c2ccccc2S5)cc1. The lowest BCUT2D eigenvalue weighted by molar-refractivity contribution is 1.15. The minimum Gasteiger partial charge on any atom is -0.310 e. The minimum absolute atomic E-state index is 0.0788. The summed E-state index contributed by atoms with van der Waals surface area (Å²) < 4.78 is 0. The molecule has 3 aliphatic rings. The summed E-state index contributed by atoms with van der Waals surface area (Å²) in [6.45, 7) is 0.184. The Morgan fingerprint density at radius 1 is 0.377 bits per heavy atom. The molecule has 0 bridgehead atoms. The van der Waals surface area contributed by atoms with Gasteiger partial charge in [0.1, 0.15) is 0 Å². The van der Waals surface area contributed by atoms with Crippen LogP contribution in [0.25, 0.3) is 11.1 Å². The highest BCUT2D eigenvalue weighted by Crippen LogP contribution is 2.56. The highest BCUT2D eigenvalue weighted by molar-refractivity contribution is 8.00. The van der Waals surface area contributed by atoms with E-state index in [1.54, 1.807) is 0 Å². The highest BCUT2D eigenvalue weighted by Gasteiger charge is 2.47. The van der Waals surface area contributed by atoms with Crippen molar-refractivity contribution in [3.8, 4) is 11.1 Å². The van der Waals surface area contributed by atoms with Crippen molar-refractivity contribution in [1.29, 1.82) is 0 Å². The van der Waals surface area contributed by atoms with Crippen LogP contribution in [0.4, 0.5) is 34.1 Å². The second-order valence-corrected chi connectivity index (χ2v) is 15.1. The summed E-state index contributed by atoms with van der Waals surface area (Å²) in [5.41, 5.74) is 17.9. The normalized spacial score (nSPS) is 13.4. The van der Waals surface area contributed by atoms with Crippen LogP contribution in [0.2, 0.25) is 0 Å². The molecular formula is C48H32B2N2S. The molecule has 8 aromatic carbocycles. The van der Waals surface area contributed by atoms with Crippen molar-refractivity contribution in [2.75, 3.05) is 9.80 Å². The number of para-hydroxylation sites is 3. The first-order chi connectivity index (χ1) is 26.3. The monoisotopic (exact) mass is 690 g/mol. The quantitative estimate of drug-likeness (QED) is 0.171. The highest BCUT2D eigenvalue weighted by atomic mass is 32.2. The van der Waals surface area contributed by atoms with Crippen LogP contribution in [0.15, 0.2) is 204 Å². The number of nitrogens with zero attached hydrogens (tertiary/aromatic N) is 2. The zero-order valence-corrected chi connectivity index (χ0v) is 29.7. The van der Waals surface area contributed by atoms with Gasteiger partial charge in [-0.25, -0.2) is 0 Å². The van der Waals surface area contributed by atoms with Crippen LogP contribution in [-0.2, 0) is 0 Å². The van der Waals surface area contributed by atoms with Gasteiger partial charge in [0, 0.05) is 22.0 Å². The number of anilines is 6. The average Bonchev–Trinajstić information content (AvgIpc) is 3.23. The molecule has 0 N–H and O–H groups in total. The summed E-state index contributed by atoms with van der Waals surface area (Å²) >= 11 is 1.91. The third kappa shape index (κ3) is 4.70. The molecule has 3 heterocycles. The Morgan fingerprint density at radius 2 is 0.925 bits per heavy atom. The zero-order valence-electron chi connectivity index (χ0n) is 28.9. The van der Waals surface area contributed by atoms with E-state index in [-0.39, 0.29) is 13.4 Å². The molecule has 0 fully saturated rings. The van der Waals surface area contributed by atoms with Crippen molar-refractivity contribution < 1.29 is 0 Å². The molecule has 0 saturated heterocycles. The summed E-state index contributed by atoms with van der Waals surface area (Å²) in [4.78, 5) is 7.59. The number of hydrogen-bond acceptors (Lipinski definition) is 3. The predicted octanol–water partition coefficient (Wildman–Crippen LogP) is 8.42. The Hall–Kier alpha value is -6.16. The standard InChI is InChI=1S/C48H32B2N2S/c1-4-16-33(17-5-1)34-28-30-37(31-29-34)51-43-26-14-15-27-45(43)53-48-44(51)32-41-46-47(48)52(36-20-8-3-9-21-36)42-25-13-12-24-40(42)50(46)39-23-11-10-22-38(39)49(41)35-18-6-2-7-19-35/h1-32H. The summed E-state index contributed by atoms with van der Waals surface area (Å²) in [5.74, 6) is 0. The van der Waals surface area contributed by atoms with E-state index in [0.29, 0.717) is 0 Å². The Kier molecular flexibility index (Phi) is 7.03. The molecule has 2 nitrogen and oxygen atoms in total. The maximum Gasteiger partial charge on any atom is 0.245 e. The van der Waals surface area contributed by atoms with Crippen LogP contribution in [0.5, 0.6) is 0 Å². The van der Waals surface area contributed by atoms with Crippen LogP contribution in [0.3, 0.4) is 0 Å². The molecule has 53 heavy (non-hydrogen) atoms. The van der Waals surface area contributed by atoms with Gasteiger partial charge in [-0.15, -0.1) is 0 Å². The first kappa shape index (κ1) is 30.5. The van der Waals surface area contributed by atoms with Crippen LogP contribution >= 0.6 is 11.8 Å². The van der Waals surface area contributed by atoms with E-state index < -0.39 is 0 Å². The van der Waals surface area contributed by atoms with Gasteiger partial charge in [0.05, 0.1) is 22.0 Å². The predicted molar refractivity (Wildman–Crippen MR) is 228 cm³/mol. The van der Waals surface area contributed by atoms with Crippen molar-refractivity contribution in [3.05, 3.63) is 194 Å². The summed E-state index contributed by atoms with van der Waals surface area (Å²) in [6, 6.07) is 71.6. The molecule has 3 aliphatic heterocycles. The Bertz CT molecular complexity index is 2650. The lowest BCUT2D eigenvalue weighted by atomic mass is 9.20. The smallest absolute Gasteiger partial charge is 0.245 e. The lowest BCUT2D eigenvalue weighted by Gasteiger charge is -2.45. The molecule has 246 valence electrons. The average molecular weight is 690 g/mol. The van der Waals surface area contributed by atoms with Gasteiger partial charge in [-0.3, -0.25) is 0 Å². The molecule has 0 radical (unpaired) electrons. The molecule has 5 heteroatoms. The van der Waals surface area contributed by atoms with E-state index in [1.165, 1.54) is 82.1 Å². The van der Waals surface area contributed by atoms with Gasteiger partial charge in [0.15, 0.2) is 0 Å². The Labute approximate surface area is 315 Å². The van der Waals surface area contributed by atoms with Gasteiger partial charge in [0.2, 0.25) is 13.4 Å². The van der Waals surface area contributed by atoms with Crippen molar-refractivity contribution in [3.63, 3.8) is 0 Å². The summed E-state index contributed by atoms with van der Waals surface area (Å²) in [7, 11) is 0. The molecule has 0 atom stereocenters. The van der Waals surface area contributed by atoms with Crippen molar-refractivity contribution in [2.24, 2.45) is 0 Å². The molecule has 0 spiro atoms. The van der Waals surface area contributed by atoms with E-state index in [0.717, 1.165) is 5.69 Å². The lowest BCUT2D eigenvalue weighted by Crippen LogP contribution is -2.76. The maximum absolute atomic E-state index is 2.55. The summed E-state index contributed by atoms with van der Waals surface area (Å²) in [6.07, 6.45) is 0. The van der Waals surface area contributed by atoms with Crippen molar-refractivity contribution in [2.45, 2.75) is 9.79 Å². The molecule has 0 unspecified atom stereocenters. The second kappa shape index (κ2) is 12.2. The largest absolute Gasteiger partial charge is 0.310 e. The molecular weight excluding hydrogens is 658 g/mol. The maximum atomic E-state index is 2.55. The van der Waals surface area contributed by atoms with Gasteiger partial charge >= 0.3 is 0 Å². The molecule has 0 saturated carbocycles. The fraction of sp³-hybridized carbons (Fsp3) is 0. The van der Waals surface area contributed by atoms with Crippen LogP contribution < -0.4 is 42.6 Å². The molecule has 0 amide bonds. The van der Waals surface area contributed by atoms with E-state index in [4.69, 9.17) is 0 Å². The molecule has 0 aliphatic carbocycles. The van der Waals surface area contributed by atoms with Crippen LogP contribution in [-0.4, -0.2) is 13.4 Å². The Morgan fingerprint density at radius 3 is 1.66 bits per heavy atom. The second-order valence-electron chi connectivity index (χ2n) is 14.0. The van der Waals surface area contributed by atoms with Gasteiger partial charge in [-0.2, -0.15) is 0 Å². The van der Waals surface area contributed by atoms with Gasteiger partial charge < -0.3 is 9.80 Å². The first-order valence-corrected chi connectivity index (χ1v) is 19.2.